The van der Waals surface area contributed by atoms with E-state index in [2.05, 4.69) is 17.1 Å². The van der Waals surface area contributed by atoms with Gasteiger partial charge >= 0.3 is 0 Å². The number of aryl methyl sites for hydroxylation is 1. The minimum atomic E-state index is -0.317. The number of aromatic nitrogens is 2. The van der Waals surface area contributed by atoms with E-state index in [1.54, 1.807) is 0 Å². The average Bonchev–Trinajstić information content (AvgIpc) is 3.03. The van der Waals surface area contributed by atoms with Gasteiger partial charge in [-0.15, -0.1) is 0 Å². The van der Waals surface area contributed by atoms with Crippen molar-refractivity contribution in [2.45, 2.75) is 83.1 Å². The Balaban J connectivity index is 1.72. The molecule has 1 aromatic heterocycles. The lowest BCUT2D eigenvalue weighted by Gasteiger charge is -2.17. The van der Waals surface area contributed by atoms with Crippen molar-refractivity contribution < 1.29 is 4.52 Å². The molecule has 1 fully saturated rings. The minimum Gasteiger partial charge on any atom is -0.339 e. The Morgan fingerprint density at radius 3 is 2.53 bits per heavy atom. The summed E-state index contributed by atoms with van der Waals surface area (Å²) >= 11 is 0. The average molecular weight is 265 g/mol. The minimum absolute atomic E-state index is 0.317. The largest absolute Gasteiger partial charge is 0.339 e. The lowest BCUT2D eigenvalue weighted by atomic mass is 9.99. The summed E-state index contributed by atoms with van der Waals surface area (Å²) in [4.78, 5) is 4.50. The molecule has 0 radical (unpaired) electrons. The predicted molar refractivity (Wildman–Crippen MR) is 75.7 cm³/mol. The van der Waals surface area contributed by atoms with Crippen LogP contribution in [0.4, 0.5) is 0 Å². The van der Waals surface area contributed by atoms with Gasteiger partial charge in [0.2, 0.25) is 5.89 Å². The van der Waals surface area contributed by atoms with E-state index in [1.807, 2.05) is 0 Å². The highest BCUT2D eigenvalue weighted by atomic mass is 16.5. The molecule has 4 nitrogen and oxygen atoms in total. The van der Waals surface area contributed by atoms with Crippen molar-refractivity contribution in [3.63, 3.8) is 0 Å². The van der Waals surface area contributed by atoms with Crippen LogP contribution in [0.1, 0.15) is 82.8 Å². The second kappa shape index (κ2) is 7.04. The summed E-state index contributed by atoms with van der Waals surface area (Å²) in [5.41, 5.74) is 6.00. The fourth-order valence-corrected chi connectivity index (χ4v) is 2.84. The quantitative estimate of drug-likeness (QED) is 0.728. The van der Waals surface area contributed by atoms with Gasteiger partial charge < -0.3 is 10.3 Å². The van der Waals surface area contributed by atoms with Gasteiger partial charge in [-0.1, -0.05) is 57.0 Å². The van der Waals surface area contributed by atoms with Crippen molar-refractivity contribution in [1.29, 1.82) is 0 Å². The van der Waals surface area contributed by atoms with E-state index in [9.17, 15) is 0 Å². The summed E-state index contributed by atoms with van der Waals surface area (Å²) < 4.78 is 5.33. The van der Waals surface area contributed by atoms with Crippen LogP contribution in [0.25, 0.3) is 0 Å². The van der Waals surface area contributed by atoms with Crippen molar-refractivity contribution >= 4 is 0 Å². The summed E-state index contributed by atoms with van der Waals surface area (Å²) in [6.07, 6.45) is 12.9. The molecule has 1 aromatic rings. The first-order valence-corrected chi connectivity index (χ1v) is 7.86. The Bertz CT molecular complexity index is 369. The van der Waals surface area contributed by atoms with Crippen LogP contribution < -0.4 is 5.73 Å². The topological polar surface area (TPSA) is 64.9 Å². The first-order valence-electron chi connectivity index (χ1n) is 7.86. The molecule has 0 bridgehead atoms. The van der Waals surface area contributed by atoms with Gasteiger partial charge in [-0.2, -0.15) is 4.98 Å². The van der Waals surface area contributed by atoms with Crippen LogP contribution in [0.5, 0.6) is 0 Å². The SMILES string of the molecule is CCCCCCCCc1nc(C2(N)CCCC2)no1. The van der Waals surface area contributed by atoms with Crippen molar-refractivity contribution in [3.05, 3.63) is 11.7 Å². The highest BCUT2D eigenvalue weighted by Gasteiger charge is 2.35. The van der Waals surface area contributed by atoms with Crippen molar-refractivity contribution in [3.8, 4) is 0 Å². The Kier molecular flexibility index (Phi) is 5.37. The number of unbranched alkanes of at least 4 members (excludes halogenated alkanes) is 5. The number of rotatable bonds is 8. The molecule has 0 spiro atoms. The van der Waals surface area contributed by atoms with Gasteiger partial charge in [0.1, 0.15) is 0 Å². The predicted octanol–water partition coefficient (Wildman–Crippen LogP) is 3.70. The summed E-state index contributed by atoms with van der Waals surface area (Å²) in [5, 5.41) is 4.09. The molecule has 0 aliphatic heterocycles. The monoisotopic (exact) mass is 265 g/mol. The molecule has 0 amide bonds. The zero-order chi connectivity index (χ0) is 13.6. The zero-order valence-electron chi connectivity index (χ0n) is 12.2. The Morgan fingerprint density at radius 2 is 1.79 bits per heavy atom. The van der Waals surface area contributed by atoms with E-state index in [1.165, 1.54) is 44.9 Å². The normalized spacial score (nSPS) is 18.0. The Hall–Kier alpha value is -0.900. The van der Waals surface area contributed by atoms with Crippen LogP contribution in [0.3, 0.4) is 0 Å². The maximum atomic E-state index is 6.32. The number of nitrogens with two attached hydrogens (primary N) is 1. The van der Waals surface area contributed by atoms with Crippen LogP contribution in [0.2, 0.25) is 0 Å². The molecular formula is C15H27N3O. The molecule has 0 unspecified atom stereocenters. The summed E-state index contributed by atoms with van der Waals surface area (Å²) in [7, 11) is 0. The molecular weight excluding hydrogens is 238 g/mol. The maximum Gasteiger partial charge on any atom is 0.226 e. The van der Waals surface area contributed by atoms with E-state index in [0.717, 1.165) is 37.4 Å². The van der Waals surface area contributed by atoms with Crippen LogP contribution in [0.15, 0.2) is 4.52 Å². The summed E-state index contributed by atoms with van der Waals surface area (Å²) in [6, 6.07) is 0. The third kappa shape index (κ3) is 4.03. The van der Waals surface area contributed by atoms with E-state index in [-0.39, 0.29) is 5.54 Å². The molecule has 1 saturated carbocycles. The van der Waals surface area contributed by atoms with Crippen LogP contribution in [0, 0.1) is 0 Å². The molecule has 19 heavy (non-hydrogen) atoms. The molecule has 1 aliphatic rings. The molecule has 1 heterocycles. The van der Waals surface area contributed by atoms with E-state index in [0.29, 0.717) is 0 Å². The van der Waals surface area contributed by atoms with E-state index < -0.39 is 0 Å². The van der Waals surface area contributed by atoms with Crippen molar-refractivity contribution in [1.82, 2.24) is 10.1 Å². The molecule has 1 aliphatic carbocycles. The van der Waals surface area contributed by atoms with Gasteiger partial charge in [-0.05, 0) is 19.3 Å². The van der Waals surface area contributed by atoms with Crippen LogP contribution >= 0.6 is 0 Å². The molecule has 2 rings (SSSR count). The van der Waals surface area contributed by atoms with E-state index in [4.69, 9.17) is 10.3 Å². The second-order valence-corrected chi connectivity index (χ2v) is 5.89. The lowest BCUT2D eigenvalue weighted by molar-refractivity contribution is 0.346. The standard InChI is InChI=1S/C15H27N3O/c1-2-3-4-5-6-7-10-13-17-14(18-19-13)15(16)11-8-9-12-15/h2-12,16H2,1H3. The van der Waals surface area contributed by atoms with Gasteiger partial charge in [0.25, 0.3) is 0 Å². The zero-order valence-corrected chi connectivity index (χ0v) is 12.2. The molecule has 0 atom stereocenters. The fourth-order valence-electron chi connectivity index (χ4n) is 2.84. The fraction of sp³-hybridized carbons (Fsp3) is 0.867. The Morgan fingerprint density at radius 1 is 1.11 bits per heavy atom. The van der Waals surface area contributed by atoms with Crippen LogP contribution in [-0.4, -0.2) is 10.1 Å². The smallest absolute Gasteiger partial charge is 0.226 e. The van der Waals surface area contributed by atoms with Gasteiger partial charge in [-0.25, -0.2) is 0 Å². The first kappa shape index (κ1) is 14.5. The molecule has 0 aromatic carbocycles. The summed E-state index contributed by atoms with van der Waals surface area (Å²) in [6.45, 7) is 2.24. The number of nitrogens with zero attached hydrogens (tertiary/aromatic N) is 2. The summed E-state index contributed by atoms with van der Waals surface area (Å²) in [5.74, 6) is 1.49. The maximum absolute atomic E-state index is 6.32. The van der Waals surface area contributed by atoms with Gasteiger partial charge in [0.15, 0.2) is 5.82 Å². The van der Waals surface area contributed by atoms with Crippen molar-refractivity contribution in [2.24, 2.45) is 5.73 Å². The third-order valence-corrected chi connectivity index (χ3v) is 4.15. The third-order valence-electron chi connectivity index (χ3n) is 4.15. The molecule has 4 heteroatoms. The van der Waals surface area contributed by atoms with Gasteiger partial charge in [-0.3, -0.25) is 0 Å². The Labute approximate surface area is 116 Å². The first-order chi connectivity index (χ1) is 9.24. The molecule has 0 saturated heterocycles. The number of hydrogen-bond acceptors (Lipinski definition) is 4. The molecule has 2 N–H and O–H groups in total. The van der Waals surface area contributed by atoms with Gasteiger partial charge in [0.05, 0.1) is 5.54 Å². The lowest BCUT2D eigenvalue weighted by Crippen LogP contribution is -2.34. The highest BCUT2D eigenvalue weighted by molar-refractivity contribution is 5.06. The van der Waals surface area contributed by atoms with E-state index >= 15 is 0 Å². The van der Waals surface area contributed by atoms with Crippen molar-refractivity contribution in [2.75, 3.05) is 0 Å². The highest BCUT2D eigenvalue weighted by Crippen LogP contribution is 2.34. The number of hydrogen-bond donors (Lipinski definition) is 1. The van der Waals surface area contributed by atoms with Crippen LogP contribution in [-0.2, 0) is 12.0 Å². The molecule has 108 valence electrons. The van der Waals surface area contributed by atoms with Gasteiger partial charge in [0, 0.05) is 6.42 Å². The second-order valence-electron chi connectivity index (χ2n) is 5.89.